The van der Waals surface area contributed by atoms with E-state index in [2.05, 4.69) is 6.92 Å². The van der Waals surface area contributed by atoms with Crippen molar-refractivity contribution < 1.29 is 9.21 Å². The van der Waals surface area contributed by atoms with Crippen LogP contribution in [-0.2, 0) is 0 Å². The second kappa shape index (κ2) is 4.92. The molecule has 2 heterocycles. The molecule has 0 aliphatic carbocycles. The highest BCUT2D eigenvalue weighted by Gasteiger charge is 2.29. The number of piperidine rings is 1. The number of carbonyl (C=O) groups excluding carboxylic acids is 1. The van der Waals surface area contributed by atoms with Gasteiger partial charge in [0.1, 0.15) is 12.0 Å². The van der Waals surface area contributed by atoms with Crippen molar-refractivity contribution in [2.75, 3.05) is 13.1 Å². The molecule has 4 heteroatoms. The Hall–Kier alpha value is -1.29. The maximum Gasteiger partial charge on any atom is 0.257 e. The molecule has 94 valence electrons. The molecule has 1 aliphatic rings. The first kappa shape index (κ1) is 12.2. The molecule has 1 fully saturated rings. The molecular weight excluding hydrogens is 216 g/mol. The summed E-state index contributed by atoms with van der Waals surface area (Å²) in [4.78, 5) is 14.2. The third-order valence-corrected chi connectivity index (χ3v) is 3.55. The third kappa shape index (κ3) is 2.52. The van der Waals surface area contributed by atoms with E-state index in [9.17, 15) is 4.79 Å². The first-order valence-electron chi connectivity index (χ1n) is 6.18. The zero-order valence-electron chi connectivity index (χ0n) is 10.5. The Bertz CT molecular complexity index is 400. The lowest BCUT2D eigenvalue weighted by atomic mass is 9.93. The van der Waals surface area contributed by atoms with Crippen molar-refractivity contribution in [3.8, 4) is 0 Å². The van der Waals surface area contributed by atoms with Gasteiger partial charge in [-0.15, -0.1) is 0 Å². The van der Waals surface area contributed by atoms with Crippen LogP contribution in [0.15, 0.2) is 16.7 Å². The number of furan rings is 1. The highest BCUT2D eigenvalue weighted by Crippen LogP contribution is 2.23. The highest BCUT2D eigenvalue weighted by molar-refractivity contribution is 5.94. The molecule has 2 atom stereocenters. The van der Waals surface area contributed by atoms with Crippen molar-refractivity contribution >= 4 is 5.91 Å². The summed E-state index contributed by atoms with van der Waals surface area (Å²) in [5.74, 6) is 1.27. The number of aryl methyl sites for hydroxylation is 1. The molecule has 1 saturated heterocycles. The Balaban J connectivity index is 2.12. The third-order valence-electron chi connectivity index (χ3n) is 3.55. The minimum absolute atomic E-state index is 0.0625. The molecule has 2 rings (SSSR count). The van der Waals surface area contributed by atoms with E-state index < -0.39 is 0 Å². The number of carbonyl (C=O) groups is 1. The number of hydrogen-bond acceptors (Lipinski definition) is 3. The number of rotatable bonds is 2. The Labute approximate surface area is 102 Å². The van der Waals surface area contributed by atoms with Gasteiger partial charge in [-0.1, -0.05) is 0 Å². The molecule has 2 unspecified atom stereocenters. The van der Waals surface area contributed by atoms with Gasteiger partial charge in [0, 0.05) is 12.6 Å². The van der Waals surface area contributed by atoms with Gasteiger partial charge < -0.3 is 15.1 Å². The summed E-state index contributed by atoms with van der Waals surface area (Å²) < 4.78 is 5.19. The summed E-state index contributed by atoms with van der Waals surface area (Å²) in [6, 6.07) is 2.08. The number of likely N-dealkylation sites (tertiary alicyclic amines) is 1. The smallest absolute Gasteiger partial charge is 0.257 e. The van der Waals surface area contributed by atoms with E-state index in [0.717, 1.165) is 25.1 Å². The summed E-state index contributed by atoms with van der Waals surface area (Å²) in [5, 5.41) is 0. The fraction of sp³-hybridized carbons (Fsp3) is 0.615. The van der Waals surface area contributed by atoms with E-state index in [-0.39, 0.29) is 5.91 Å². The maximum atomic E-state index is 12.3. The number of nitrogens with zero attached hydrogens (tertiary/aromatic N) is 1. The van der Waals surface area contributed by atoms with Gasteiger partial charge >= 0.3 is 0 Å². The number of nitrogens with two attached hydrogens (primary N) is 1. The van der Waals surface area contributed by atoms with Gasteiger partial charge in [0.05, 0.1) is 5.56 Å². The number of hydrogen-bond donors (Lipinski definition) is 1. The standard InChI is InChI=1S/C13H20N2O2/c1-9-3-4-11(6-14)7-15(9)13(16)12-5-10(2)17-8-12/h5,8-9,11H,3-4,6-7,14H2,1-2H3. The molecule has 1 amide bonds. The molecule has 0 bridgehead atoms. The normalized spacial score (nSPS) is 25.0. The first-order valence-corrected chi connectivity index (χ1v) is 6.18. The van der Waals surface area contributed by atoms with Crippen LogP contribution in [0.5, 0.6) is 0 Å². The second-order valence-corrected chi connectivity index (χ2v) is 4.93. The summed E-state index contributed by atoms with van der Waals surface area (Å²) >= 11 is 0. The molecule has 4 nitrogen and oxygen atoms in total. The molecule has 1 aromatic heterocycles. The first-order chi connectivity index (χ1) is 8.11. The maximum absolute atomic E-state index is 12.3. The Morgan fingerprint density at radius 3 is 2.94 bits per heavy atom. The van der Waals surface area contributed by atoms with Gasteiger partial charge in [-0.05, 0) is 45.2 Å². The van der Waals surface area contributed by atoms with Gasteiger partial charge in [-0.25, -0.2) is 0 Å². The monoisotopic (exact) mass is 236 g/mol. The van der Waals surface area contributed by atoms with E-state index in [4.69, 9.17) is 10.2 Å². The molecule has 0 spiro atoms. The zero-order valence-corrected chi connectivity index (χ0v) is 10.5. The van der Waals surface area contributed by atoms with Crippen molar-refractivity contribution in [2.45, 2.75) is 32.7 Å². The van der Waals surface area contributed by atoms with Crippen molar-refractivity contribution in [3.63, 3.8) is 0 Å². The van der Waals surface area contributed by atoms with Crippen LogP contribution >= 0.6 is 0 Å². The summed E-state index contributed by atoms with van der Waals surface area (Å²) in [6.07, 6.45) is 3.69. The van der Waals surface area contributed by atoms with Crippen LogP contribution in [0.25, 0.3) is 0 Å². The lowest BCUT2D eigenvalue weighted by molar-refractivity contribution is 0.0566. The van der Waals surface area contributed by atoms with E-state index in [1.54, 1.807) is 6.07 Å². The average Bonchev–Trinajstić information content (AvgIpc) is 2.76. The van der Waals surface area contributed by atoms with Crippen molar-refractivity contribution in [1.82, 2.24) is 4.90 Å². The molecule has 1 aliphatic heterocycles. The Morgan fingerprint density at radius 2 is 2.35 bits per heavy atom. The summed E-state index contributed by atoms with van der Waals surface area (Å²) in [5.41, 5.74) is 6.34. The lowest BCUT2D eigenvalue weighted by Gasteiger charge is -2.37. The fourth-order valence-corrected chi connectivity index (χ4v) is 2.38. The van der Waals surface area contributed by atoms with E-state index in [1.165, 1.54) is 6.26 Å². The van der Waals surface area contributed by atoms with Gasteiger partial charge in [-0.2, -0.15) is 0 Å². The predicted octanol–water partition coefficient (Wildman–Crippen LogP) is 1.79. The molecule has 0 aromatic carbocycles. The Morgan fingerprint density at radius 1 is 1.59 bits per heavy atom. The molecule has 2 N–H and O–H groups in total. The lowest BCUT2D eigenvalue weighted by Crippen LogP contribution is -2.47. The van der Waals surface area contributed by atoms with Crippen molar-refractivity contribution in [3.05, 3.63) is 23.7 Å². The van der Waals surface area contributed by atoms with Gasteiger partial charge in [0.15, 0.2) is 0 Å². The summed E-state index contributed by atoms with van der Waals surface area (Å²) in [7, 11) is 0. The quantitative estimate of drug-likeness (QED) is 0.851. The molecule has 0 radical (unpaired) electrons. The summed E-state index contributed by atoms with van der Waals surface area (Å²) in [6.45, 7) is 5.36. The van der Waals surface area contributed by atoms with Crippen LogP contribution in [0.1, 0.15) is 35.9 Å². The van der Waals surface area contributed by atoms with Crippen LogP contribution in [-0.4, -0.2) is 29.9 Å². The highest BCUT2D eigenvalue weighted by atomic mass is 16.3. The largest absolute Gasteiger partial charge is 0.469 e. The molecule has 0 saturated carbocycles. The van der Waals surface area contributed by atoms with Crippen LogP contribution in [0.4, 0.5) is 0 Å². The zero-order chi connectivity index (χ0) is 12.4. The van der Waals surface area contributed by atoms with E-state index in [0.29, 0.717) is 24.1 Å². The molecule has 1 aromatic rings. The SMILES string of the molecule is Cc1cc(C(=O)N2CC(CN)CCC2C)co1. The van der Waals surface area contributed by atoms with E-state index in [1.807, 2.05) is 11.8 Å². The van der Waals surface area contributed by atoms with Crippen LogP contribution in [0.3, 0.4) is 0 Å². The van der Waals surface area contributed by atoms with Gasteiger partial charge in [-0.3, -0.25) is 4.79 Å². The van der Waals surface area contributed by atoms with Gasteiger partial charge in [0.2, 0.25) is 0 Å². The fourth-order valence-electron chi connectivity index (χ4n) is 2.38. The topological polar surface area (TPSA) is 59.5 Å². The second-order valence-electron chi connectivity index (χ2n) is 4.93. The predicted molar refractivity (Wildman–Crippen MR) is 65.7 cm³/mol. The minimum atomic E-state index is 0.0625. The molecular formula is C13H20N2O2. The van der Waals surface area contributed by atoms with Crippen molar-refractivity contribution in [1.29, 1.82) is 0 Å². The molecule has 17 heavy (non-hydrogen) atoms. The number of amides is 1. The average molecular weight is 236 g/mol. The Kier molecular flexibility index (Phi) is 3.52. The van der Waals surface area contributed by atoms with Crippen LogP contribution < -0.4 is 5.73 Å². The van der Waals surface area contributed by atoms with Crippen LogP contribution in [0.2, 0.25) is 0 Å². The minimum Gasteiger partial charge on any atom is -0.469 e. The van der Waals surface area contributed by atoms with Crippen molar-refractivity contribution in [2.24, 2.45) is 11.7 Å². The van der Waals surface area contributed by atoms with Gasteiger partial charge in [0.25, 0.3) is 5.91 Å². The van der Waals surface area contributed by atoms with E-state index >= 15 is 0 Å². The van der Waals surface area contributed by atoms with Crippen LogP contribution in [0, 0.1) is 12.8 Å².